The Morgan fingerprint density at radius 3 is 2.57 bits per heavy atom. The first kappa shape index (κ1) is 19.2. The van der Waals surface area contributed by atoms with Gasteiger partial charge in [-0.2, -0.15) is 18.3 Å². The van der Waals surface area contributed by atoms with E-state index < -0.39 is 17.7 Å². The second-order valence-corrected chi connectivity index (χ2v) is 6.25. The van der Waals surface area contributed by atoms with Crippen LogP contribution in [0.3, 0.4) is 0 Å². The number of hydrogen-bond donors (Lipinski definition) is 1. The highest BCUT2D eigenvalue weighted by Gasteiger charge is 2.32. The van der Waals surface area contributed by atoms with Crippen LogP contribution >= 0.6 is 0 Å². The van der Waals surface area contributed by atoms with Crippen molar-refractivity contribution in [3.63, 3.8) is 0 Å². The number of aliphatic carboxylic acids is 1. The third-order valence-electron chi connectivity index (χ3n) is 4.31. The molecule has 0 amide bonds. The number of aromatic nitrogens is 7. The zero-order valence-electron chi connectivity index (χ0n) is 15.2. The minimum absolute atomic E-state index is 0.00981. The number of fused-ring (bicyclic) bond motifs is 1. The van der Waals surface area contributed by atoms with Gasteiger partial charge < -0.3 is 5.11 Å². The number of hydrogen-bond acceptors (Lipinski definition) is 6. The van der Waals surface area contributed by atoms with Crippen molar-refractivity contribution in [2.24, 2.45) is 7.05 Å². The summed E-state index contributed by atoms with van der Waals surface area (Å²) in [6, 6.07) is 1.94. The van der Waals surface area contributed by atoms with Crippen molar-refractivity contribution in [1.82, 2.24) is 34.5 Å². The molecule has 1 N–H and O–H groups in total. The molecule has 0 atom stereocenters. The molecule has 4 aromatic rings. The van der Waals surface area contributed by atoms with Crippen molar-refractivity contribution in [3.8, 4) is 11.4 Å². The van der Waals surface area contributed by atoms with Gasteiger partial charge in [0.25, 0.3) is 0 Å². The standard InChI is InChI=1S/C18H12F3N7O2/c1-27-15-3-11(18(19,20)21)2-12(13(15)6-25-27)16-24-9-28(26-16)7-14(17(29)30)10-4-22-8-23-5-10/h2-9H,1H3,(H,29,30)/b14-7+. The lowest BCUT2D eigenvalue weighted by molar-refractivity contribution is -0.137. The van der Waals surface area contributed by atoms with Crippen LogP contribution in [0.4, 0.5) is 13.2 Å². The molecule has 30 heavy (non-hydrogen) atoms. The maximum absolute atomic E-state index is 13.3. The van der Waals surface area contributed by atoms with E-state index in [9.17, 15) is 23.1 Å². The number of aryl methyl sites for hydroxylation is 1. The highest BCUT2D eigenvalue weighted by molar-refractivity contribution is 6.19. The molecule has 12 heteroatoms. The number of carboxylic acids is 1. The molecular formula is C18H12F3N7O2. The van der Waals surface area contributed by atoms with Crippen molar-refractivity contribution in [3.05, 3.63) is 54.5 Å². The van der Waals surface area contributed by atoms with Crippen molar-refractivity contribution in [1.29, 1.82) is 0 Å². The molecule has 0 aliphatic heterocycles. The van der Waals surface area contributed by atoms with E-state index in [1.807, 2.05) is 0 Å². The summed E-state index contributed by atoms with van der Waals surface area (Å²) in [5, 5.41) is 18.0. The van der Waals surface area contributed by atoms with Crippen molar-refractivity contribution in [2.75, 3.05) is 0 Å². The number of carbonyl (C=O) groups is 1. The van der Waals surface area contributed by atoms with E-state index >= 15 is 0 Å². The van der Waals surface area contributed by atoms with Crippen molar-refractivity contribution >= 4 is 28.6 Å². The van der Waals surface area contributed by atoms with E-state index in [0.717, 1.165) is 16.8 Å². The fourth-order valence-corrected chi connectivity index (χ4v) is 2.88. The minimum atomic E-state index is -4.57. The quantitative estimate of drug-likeness (QED) is 0.510. The average Bonchev–Trinajstić information content (AvgIpc) is 3.32. The highest BCUT2D eigenvalue weighted by atomic mass is 19.4. The minimum Gasteiger partial charge on any atom is -0.478 e. The fourth-order valence-electron chi connectivity index (χ4n) is 2.88. The maximum atomic E-state index is 13.3. The molecule has 152 valence electrons. The largest absolute Gasteiger partial charge is 0.478 e. The number of nitrogens with zero attached hydrogens (tertiary/aromatic N) is 7. The van der Waals surface area contributed by atoms with Crippen LogP contribution in [0.1, 0.15) is 11.1 Å². The van der Waals surface area contributed by atoms with Crippen LogP contribution < -0.4 is 0 Å². The summed E-state index contributed by atoms with van der Waals surface area (Å²) in [6.45, 7) is 0. The SMILES string of the molecule is Cn1ncc2c(-c3ncn(/C=C(/C(=O)O)c4cncnc4)n3)cc(C(F)(F)F)cc21. The molecule has 0 saturated carbocycles. The molecule has 0 aliphatic rings. The van der Waals surface area contributed by atoms with Crippen molar-refractivity contribution in [2.45, 2.75) is 6.18 Å². The Morgan fingerprint density at radius 2 is 1.90 bits per heavy atom. The molecule has 1 aromatic carbocycles. The van der Waals surface area contributed by atoms with E-state index in [1.54, 1.807) is 0 Å². The number of carboxylic acid groups (broad SMARTS) is 1. The van der Waals surface area contributed by atoms with E-state index in [-0.39, 0.29) is 28.0 Å². The summed E-state index contributed by atoms with van der Waals surface area (Å²) in [4.78, 5) is 23.2. The highest BCUT2D eigenvalue weighted by Crippen LogP contribution is 2.36. The lowest BCUT2D eigenvalue weighted by Crippen LogP contribution is -2.06. The number of halogens is 3. The molecule has 0 fully saturated rings. The topological polar surface area (TPSA) is 112 Å². The van der Waals surface area contributed by atoms with Crippen molar-refractivity contribution < 1.29 is 23.1 Å². The summed E-state index contributed by atoms with van der Waals surface area (Å²) in [5.74, 6) is -1.26. The molecular weight excluding hydrogens is 403 g/mol. The van der Waals surface area contributed by atoms with Gasteiger partial charge in [-0.1, -0.05) is 0 Å². The first-order valence-corrected chi connectivity index (χ1v) is 8.39. The third-order valence-corrected chi connectivity index (χ3v) is 4.31. The number of alkyl halides is 3. The Hall–Kier alpha value is -4.09. The first-order valence-electron chi connectivity index (χ1n) is 8.39. The fraction of sp³-hybridized carbons (Fsp3) is 0.111. The maximum Gasteiger partial charge on any atom is 0.416 e. The Kier molecular flexibility index (Phi) is 4.53. The van der Waals surface area contributed by atoms with Gasteiger partial charge in [-0.25, -0.2) is 24.4 Å². The zero-order valence-corrected chi connectivity index (χ0v) is 15.2. The van der Waals surface area contributed by atoms with Crippen LogP contribution in [0.2, 0.25) is 0 Å². The van der Waals surface area contributed by atoms with E-state index in [1.165, 1.54) is 49.2 Å². The Bertz CT molecular complexity index is 1280. The van der Waals surface area contributed by atoms with Crippen LogP contribution in [0.5, 0.6) is 0 Å². The Morgan fingerprint density at radius 1 is 1.17 bits per heavy atom. The van der Waals surface area contributed by atoms with Gasteiger partial charge in [-0.05, 0) is 12.1 Å². The van der Waals surface area contributed by atoms with Crippen LogP contribution in [0, 0.1) is 0 Å². The normalized spacial score (nSPS) is 12.5. The van der Waals surface area contributed by atoms with Crippen LogP contribution in [-0.4, -0.2) is 45.6 Å². The predicted octanol–water partition coefficient (Wildman–Crippen LogP) is 2.72. The van der Waals surface area contributed by atoms with Gasteiger partial charge in [-0.3, -0.25) is 4.68 Å². The van der Waals surface area contributed by atoms with Crippen LogP contribution in [0.25, 0.3) is 34.1 Å². The molecule has 0 unspecified atom stereocenters. The molecule has 0 aliphatic carbocycles. The van der Waals surface area contributed by atoms with Crippen LogP contribution in [-0.2, 0) is 18.0 Å². The second-order valence-electron chi connectivity index (χ2n) is 6.25. The predicted molar refractivity (Wildman–Crippen MR) is 98.6 cm³/mol. The summed E-state index contributed by atoms with van der Waals surface area (Å²) in [5.41, 5.74) is -0.411. The zero-order chi connectivity index (χ0) is 21.5. The van der Waals surface area contributed by atoms with Gasteiger partial charge in [0, 0.05) is 42.2 Å². The molecule has 4 rings (SSSR count). The monoisotopic (exact) mass is 415 g/mol. The molecule has 0 saturated heterocycles. The van der Waals surface area contributed by atoms with Gasteiger partial charge >= 0.3 is 12.1 Å². The van der Waals surface area contributed by atoms with Gasteiger partial charge in [0.2, 0.25) is 0 Å². The second kappa shape index (κ2) is 7.06. The molecule has 9 nitrogen and oxygen atoms in total. The third kappa shape index (κ3) is 3.50. The van der Waals surface area contributed by atoms with Gasteiger partial charge in [-0.15, -0.1) is 5.10 Å². The van der Waals surface area contributed by atoms with E-state index in [2.05, 4.69) is 25.1 Å². The summed E-state index contributed by atoms with van der Waals surface area (Å²) < 4.78 is 42.5. The average molecular weight is 415 g/mol. The van der Waals surface area contributed by atoms with Gasteiger partial charge in [0.1, 0.15) is 12.7 Å². The first-order chi connectivity index (χ1) is 14.2. The number of rotatable bonds is 4. The van der Waals surface area contributed by atoms with Gasteiger partial charge in [0.05, 0.1) is 22.9 Å². The van der Waals surface area contributed by atoms with E-state index in [0.29, 0.717) is 5.39 Å². The van der Waals surface area contributed by atoms with Gasteiger partial charge in [0.15, 0.2) is 5.82 Å². The smallest absolute Gasteiger partial charge is 0.416 e. The van der Waals surface area contributed by atoms with E-state index in [4.69, 9.17) is 0 Å². The molecule has 0 spiro atoms. The number of benzene rings is 1. The molecule has 3 aromatic heterocycles. The summed E-state index contributed by atoms with van der Waals surface area (Å²) in [6.07, 6.45) is 3.11. The van der Waals surface area contributed by atoms with Crippen LogP contribution in [0.15, 0.2) is 43.4 Å². The Balaban J connectivity index is 1.83. The lowest BCUT2D eigenvalue weighted by atomic mass is 10.1. The molecule has 3 heterocycles. The lowest BCUT2D eigenvalue weighted by Gasteiger charge is -2.09. The summed E-state index contributed by atoms with van der Waals surface area (Å²) >= 11 is 0. The summed E-state index contributed by atoms with van der Waals surface area (Å²) in [7, 11) is 1.53. The molecule has 0 radical (unpaired) electrons. The molecule has 0 bridgehead atoms. The Labute approximate surface area is 166 Å².